The Morgan fingerprint density at radius 2 is 1.06 bits per heavy atom. The summed E-state index contributed by atoms with van der Waals surface area (Å²) in [7, 11) is 0. The molecule has 16 heteroatoms. The van der Waals surface area contributed by atoms with Crippen molar-refractivity contribution < 1.29 is 69.0 Å². The summed E-state index contributed by atoms with van der Waals surface area (Å²) >= 11 is 0. The number of nitrogens with two attached hydrogens (primary N) is 1. The Morgan fingerprint density at radius 3 is 1.32 bits per heavy atom. The van der Waals surface area contributed by atoms with Gasteiger partial charge in [0, 0.05) is 31.0 Å². The molecule has 0 heterocycles. The first-order chi connectivity index (χ1) is 20.7. The number of alkyl halides is 3. The third-order valence-corrected chi connectivity index (χ3v) is 7.29. The van der Waals surface area contributed by atoms with E-state index in [0.717, 1.165) is 64.2 Å². The summed E-state index contributed by atoms with van der Waals surface area (Å²) in [4.78, 5) is 42.6. The monoisotopic (exact) mass is 803 g/mol. The van der Waals surface area contributed by atoms with Crippen LogP contribution in [-0.2, 0) is 19.1 Å². The Hall–Kier alpha value is -1.20. The molecule has 294 valence electrons. The summed E-state index contributed by atoms with van der Waals surface area (Å²) in [5.74, 6) is 0.289. The number of nitrogens with one attached hydrogen (secondary N) is 2. The van der Waals surface area contributed by atoms with E-state index in [1.807, 2.05) is 55.4 Å². The average molecular weight is 805 g/mol. The molecule has 6 N–H and O–H groups in total. The molecule has 3 aliphatic rings. The van der Waals surface area contributed by atoms with E-state index in [1.165, 1.54) is 0 Å². The molecule has 2 amide bonds. The minimum atomic E-state index is -4.64. The summed E-state index contributed by atoms with van der Waals surface area (Å²) in [5, 5.41) is 24.8. The van der Waals surface area contributed by atoms with Gasteiger partial charge in [0.2, 0.25) is 6.29 Å². The SMILES string of the molecule is C.CC(C)(C)OC(=O)NC1CCC(=O)CC1.CC1(O)CCC(N)CC1.CC1(O)CCC(NC(=O)OC(C)(C)C)CC1.O=CC(F)(F)F.[Br-].[CH3-].[Mg+2]. The summed E-state index contributed by atoms with van der Waals surface area (Å²) in [6, 6.07) is 0.567. The van der Waals surface area contributed by atoms with E-state index in [2.05, 4.69) is 10.6 Å². The number of hydrogen-bond donors (Lipinski definition) is 5. The molecule has 0 bridgehead atoms. The maximum Gasteiger partial charge on any atom is 2.00 e. The van der Waals surface area contributed by atoms with Crippen LogP contribution in [0.25, 0.3) is 0 Å². The standard InChI is InChI=1S/C12H23NO3.C11H19NO3.C7H15NO.C2HF3O.CH4.CH3.BrH.Mg/c1-11(2,3)16-10(14)13-9-5-7-12(4,15)8-6-9;1-11(2,3)15-10(14)12-8-4-6-9(13)7-5-8;1-7(9)4-2-6(8)3-5-7;3-2(4,5)1-6;;;;/h9,15H,5-8H2,1-4H3,(H,13,14);8H,4-7H2,1-3H3,(H,12,14);6,9H,2-5,8H2,1H3;1H;1H4;1H3;1H;/q;;;;;-1;;+2/p-1. The van der Waals surface area contributed by atoms with Gasteiger partial charge in [0.05, 0.1) is 11.2 Å². The maximum atomic E-state index is 11.5. The van der Waals surface area contributed by atoms with Crippen molar-refractivity contribution in [3.8, 4) is 0 Å². The molecule has 0 saturated heterocycles. The number of hydrogen-bond acceptors (Lipinski definition) is 9. The molecule has 3 aliphatic carbocycles. The number of ether oxygens (including phenoxy) is 2. The number of ketones is 1. The molecule has 0 aliphatic heterocycles. The topological polar surface area (TPSA) is 177 Å². The zero-order valence-corrected chi connectivity index (χ0v) is 33.9. The molecule has 0 radical (unpaired) electrons. The largest absolute Gasteiger partial charge is 2.00 e. The Bertz CT molecular complexity index is 945. The molecular formula is C34H65BrF3MgN3O8. The quantitative estimate of drug-likeness (QED) is 0.159. The molecule has 0 unspecified atom stereocenters. The van der Waals surface area contributed by atoms with Crippen molar-refractivity contribution in [1.82, 2.24) is 10.6 Å². The van der Waals surface area contributed by atoms with Crippen LogP contribution in [0.2, 0.25) is 0 Å². The second-order valence-corrected chi connectivity index (χ2v) is 14.9. The first-order valence-electron chi connectivity index (χ1n) is 15.9. The summed E-state index contributed by atoms with van der Waals surface area (Å²) in [6.07, 6.45) is 2.94. The smallest absolute Gasteiger partial charge is 1.00 e. The van der Waals surface area contributed by atoms with Gasteiger partial charge in [-0.25, -0.2) is 9.59 Å². The summed E-state index contributed by atoms with van der Waals surface area (Å²) in [5.41, 5.74) is 3.74. The number of carbonyl (C=O) groups is 4. The molecule has 0 atom stereocenters. The molecular weight excluding hydrogens is 740 g/mol. The van der Waals surface area contributed by atoms with E-state index in [0.29, 0.717) is 18.9 Å². The van der Waals surface area contributed by atoms with Gasteiger partial charge in [-0.15, -0.1) is 0 Å². The van der Waals surface area contributed by atoms with Gasteiger partial charge >= 0.3 is 41.4 Å². The number of aldehydes is 1. The predicted molar refractivity (Wildman–Crippen MR) is 187 cm³/mol. The van der Waals surface area contributed by atoms with Gasteiger partial charge in [-0.2, -0.15) is 13.2 Å². The minimum Gasteiger partial charge on any atom is -1.00 e. The molecule has 11 nitrogen and oxygen atoms in total. The van der Waals surface area contributed by atoms with Crippen LogP contribution in [0.15, 0.2) is 0 Å². The third-order valence-electron chi connectivity index (χ3n) is 7.29. The van der Waals surface area contributed by atoms with Crippen molar-refractivity contribution in [3.05, 3.63) is 7.43 Å². The van der Waals surface area contributed by atoms with Crippen molar-refractivity contribution in [2.75, 3.05) is 0 Å². The third kappa shape index (κ3) is 33.9. The first kappa shape index (κ1) is 58.1. The Kier molecular flexibility index (Phi) is 29.9. The van der Waals surface area contributed by atoms with Crippen LogP contribution in [0.5, 0.6) is 0 Å². The molecule has 0 spiro atoms. The van der Waals surface area contributed by atoms with Crippen LogP contribution in [0.4, 0.5) is 22.8 Å². The molecule has 3 saturated carbocycles. The Balaban J connectivity index is -0.000000185. The maximum absolute atomic E-state index is 11.5. The number of rotatable bonds is 2. The number of halogens is 4. The second kappa shape index (κ2) is 25.7. The number of alkyl carbamates (subject to hydrolysis) is 2. The van der Waals surface area contributed by atoms with E-state index in [4.69, 9.17) is 20.0 Å². The van der Waals surface area contributed by atoms with Crippen LogP contribution in [0.1, 0.15) is 140 Å². The van der Waals surface area contributed by atoms with Crippen molar-refractivity contribution in [2.45, 2.75) is 187 Å². The Morgan fingerprint density at radius 1 is 0.780 bits per heavy atom. The summed E-state index contributed by atoms with van der Waals surface area (Å²) in [6.45, 7) is 14.8. The van der Waals surface area contributed by atoms with Crippen molar-refractivity contribution >= 4 is 47.3 Å². The minimum absolute atomic E-state index is 0. The van der Waals surface area contributed by atoms with Crippen molar-refractivity contribution in [3.63, 3.8) is 0 Å². The van der Waals surface area contributed by atoms with Gasteiger partial charge < -0.3 is 60.5 Å². The van der Waals surface area contributed by atoms with E-state index in [9.17, 15) is 37.8 Å². The van der Waals surface area contributed by atoms with Gasteiger partial charge in [0.1, 0.15) is 17.0 Å². The molecule has 0 aromatic heterocycles. The summed E-state index contributed by atoms with van der Waals surface area (Å²) < 4.78 is 41.6. The number of aliphatic hydroxyl groups is 2. The van der Waals surface area contributed by atoms with Crippen LogP contribution in [0.3, 0.4) is 0 Å². The molecule has 50 heavy (non-hydrogen) atoms. The average Bonchev–Trinajstić information content (AvgIpc) is 2.87. The molecule has 3 rings (SSSR count). The van der Waals surface area contributed by atoms with Gasteiger partial charge in [-0.3, -0.25) is 9.59 Å². The van der Waals surface area contributed by atoms with Gasteiger partial charge in [0.25, 0.3) is 0 Å². The van der Waals surface area contributed by atoms with E-state index in [1.54, 1.807) is 0 Å². The van der Waals surface area contributed by atoms with E-state index in [-0.39, 0.29) is 84.9 Å². The van der Waals surface area contributed by atoms with Gasteiger partial charge in [-0.05, 0) is 120 Å². The van der Waals surface area contributed by atoms with Gasteiger partial charge in [-0.1, -0.05) is 7.43 Å². The Labute approximate surface area is 325 Å². The van der Waals surface area contributed by atoms with Gasteiger partial charge in [0.15, 0.2) is 0 Å². The molecule has 3 fully saturated rings. The van der Waals surface area contributed by atoms with E-state index < -0.39 is 34.9 Å². The number of Topliss-reactive ketones (excluding diaryl/α,β-unsaturated/α-hetero) is 1. The normalized spacial score (nSPS) is 25.0. The first-order valence-corrected chi connectivity index (χ1v) is 15.9. The van der Waals surface area contributed by atoms with Crippen LogP contribution in [-0.4, -0.2) is 104 Å². The zero-order valence-electron chi connectivity index (χ0n) is 30.9. The van der Waals surface area contributed by atoms with Crippen LogP contribution < -0.4 is 33.3 Å². The van der Waals surface area contributed by atoms with Crippen molar-refractivity contribution in [2.24, 2.45) is 5.73 Å². The second-order valence-electron chi connectivity index (χ2n) is 14.9. The fraction of sp³-hybridized carbons (Fsp3) is 0.853. The molecule has 0 aromatic carbocycles. The van der Waals surface area contributed by atoms with Crippen molar-refractivity contribution in [1.29, 1.82) is 0 Å². The predicted octanol–water partition coefficient (Wildman–Crippen LogP) is 3.32. The van der Waals surface area contributed by atoms with E-state index >= 15 is 0 Å². The van der Waals surface area contributed by atoms with Crippen LogP contribution >= 0.6 is 0 Å². The zero-order chi connectivity index (χ0) is 36.0. The fourth-order valence-electron chi connectivity index (χ4n) is 4.68. The fourth-order valence-corrected chi connectivity index (χ4v) is 4.68. The number of carbonyl (C=O) groups excluding carboxylic acids is 4. The molecule has 0 aromatic rings. The number of amides is 2. The van der Waals surface area contributed by atoms with Crippen LogP contribution in [0, 0.1) is 7.43 Å².